The van der Waals surface area contributed by atoms with E-state index >= 15 is 0 Å². The van der Waals surface area contributed by atoms with Crippen LogP contribution in [0.2, 0.25) is 0 Å². The Morgan fingerprint density at radius 1 is 1.11 bits per heavy atom. The van der Waals surface area contributed by atoms with Gasteiger partial charge >= 0.3 is 0 Å². The van der Waals surface area contributed by atoms with E-state index in [-0.39, 0.29) is 5.91 Å². The predicted molar refractivity (Wildman–Crippen MR) is 104 cm³/mol. The fourth-order valence-corrected chi connectivity index (χ4v) is 3.56. The maximum Gasteiger partial charge on any atom is 0.227 e. The van der Waals surface area contributed by atoms with Crippen molar-refractivity contribution in [1.29, 1.82) is 0 Å². The van der Waals surface area contributed by atoms with Gasteiger partial charge in [0.2, 0.25) is 5.91 Å². The standard InChI is InChI=1S/C21H24N4O2/c1-27-19-6-4-5-17(13-19)14-21(26)24-11-9-23(10-12-24)16-18-15-22-20-7-2-3-8-25(18)20/h2-8,13,15H,9-12,14,16H2,1H3. The number of benzene rings is 1. The monoisotopic (exact) mass is 364 g/mol. The van der Waals surface area contributed by atoms with Gasteiger partial charge in [-0.2, -0.15) is 0 Å². The van der Waals surface area contributed by atoms with E-state index in [0.717, 1.165) is 49.7 Å². The van der Waals surface area contributed by atoms with E-state index in [1.54, 1.807) is 7.11 Å². The maximum absolute atomic E-state index is 12.6. The van der Waals surface area contributed by atoms with Gasteiger partial charge in [-0.1, -0.05) is 18.2 Å². The van der Waals surface area contributed by atoms with Crippen molar-refractivity contribution in [3.05, 3.63) is 66.1 Å². The van der Waals surface area contributed by atoms with Crippen LogP contribution in [0.3, 0.4) is 0 Å². The lowest BCUT2D eigenvalue weighted by atomic mass is 10.1. The summed E-state index contributed by atoms with van der Waals surface area (Å²) >= 11 is 0. The number of methoxy groups -OCH3 is 1. The summed E-state index contributed by atoms with van der Waals surface area (Å²) in [6, 6.07) is 13.8. The average molecular weight is 364 g/mol. The van der Waals surface area contributed by atoms with E-state index in [1.165, 1.54) is 5.69 Å². The summed E-state index contributed by atoms with van der Waals surface area (Å²) in [5, 5.41) is 0. The van der Waals surface area contributed by atoms with Crippen LogP contribution >= 0.6 is 0 Å². The first kappa shape index (κ1) is 17.5. The second kappa shape index (κ2) is 7.80. The molecule has 0 aliphatic carbocycles. The minimum absolute atomic E-state index is 0.178. The van der Waals surface area contributed by atoms with Gasteiger partial charge in [0, 0.05) is 38.9 Å². The number of rotatable bonds is 5. The highest BCUT2D eigenvalue weighted by Gasteiger charge is 2.22. The normalized spacial score (nSPS) is 15.2. The van der Waals surface area contributed by atoms with Crippen LogP contribution in [0.4, 0.5) is 0 Å². The molecule has 1 aliphatic heterocycles. The van der Waals surface area contributed by atoms with Crippen LogP contribution in [0, 0.1) is 0 Å². The lowest BCUT2D eigenvalue weighted by Gasteiger charge is -2.34. The Balaban J connectivity index is 1.32. The van der Waals surface area contributed by atoms with Crippen molar-refractivity contribution in [1.82, 2.24) is 19.2 Å². The largest absolute Gasteiger partial charge is 0.497 e. The number of hydrogen-bond acceptors (Lipinski definition) is 4. The lowest BCUT2D eigenvalue weighted by Crippen LogP contribution is -2.48. The van der Waals surface area contributed by atoms with Crippen LogP contribution in [0.15, 0.2) is 54.9 Å². The second-order valence-electron chi connectivity index (χ2n) is 6.86. The molecular formula is C21H24N4O2. The van der Waals surface area contributed by atoms with Crippen molar-refractivity contribution in [2.24, 2.45) is 0 Å². The number of carbonyl (C=O) groups excluding carboxylic acids is 1. The van der Waals surface area contributed by atoms with Gasteiger partial charge in [-0.25, -0.2) is 4.98 Å². The molecule has 3 heterocycles. The number of hydrogen-bond donors (Lipinski definition) is 0. The first-order valence-electron chi connectivity index (χ1n) is 9.27. The van der Waals surface area contributed by atoms with Crippen molar-refractivity contribution in [2.75, 3.05) is 33.3 Å². The summed E-state index contributed by atoms with van der Waals surface area (Å²) < 4.78 is 7.36. The van der Waals surface area contributed by atoms with Gasteiger partial charge < -0.3 is 14.0 Å². The third kappa shape index (κ3) is 3.95. The summed E-state index contributed by atoms with van der Waals surface area (Å²) in [6.07, 6.45) is 4.41. The van der Waals surface area contributed by atoms with Crippen molar-refractivity contribution in [2.45, 2.75) is 13.0 Å². The fourth-order valence-electron chi connectivity index (χ4n) is 3.56. The zero-order valence-electron chi connectivity index (χ0n) is 15.5. The van der Waals surface area contributed by atoms with Crippen LogP contribution in [0.5, 0.6) is 5.75 Å². The number of carbonyl (C=O) groups is 1. The highest BCUT2D eigenvalue weighted by atomic mass is 16.5. The Kier molecular flexibility index (Phi) is 5.07. The molecule has 0 radical (unpaired) electrons. The van der Waals surface area contributed by atoms with E-state index in [2.05, 4.69) is 14.3 Å². The molecule has 0 atom stereocenters. The molecule has 1 aliphatic rings. The van der Waals surface area contributed by atoms with Crippen LogP contribution < -0.4 is 4.74 Å². The molecule has 0 bridgehead atoms. The van der Waals surface area contributed by atoms with E-state index in [0.29, 0.717) is 6.42 Å². The Hall–Kier alpha value is -2.86. The van der Waals surface area contributed by atoms with Gasteiger partial charge in [0.05, 0.1) is 25.4 Å². The summed E-state index contributed by atoms with van der Waals surface area (Å²) in [6.45, 7) is 4.13. The SMILES string of the molecule is COc1cccc(CC(=O)N2CCN(Cc3cnc4ccccn34)CC2)c1. The van der Waals surface area contributed by atoms with E-state index in [1.807, 2.05) is 59.8 Å². The molecule has 27 heavy (non-hydrogen) atoms. The van der Waals surface area contributed by atoms with Gasteiger partial charge in [0.1, 0.15) is 11.4 Å². The van der Waals surface area contributed by atoms with Crippen LogP contribution in [0.1, 0.15) is 11.3 Å². The van der Waals surface area contributed by atoms with Gasteiger partial charge in [-0.3, -0.25) is 9.69 Å². The Labute approximate surface area is 159 Å². The minimum Gasteiger partial charge on any atom is -0.497 e. The third-order valence-electron chi connectivity index (χ3n) is 5.09. The molecule has 6 heteroatoms. The summed E-state index contributed by atoms with van der Waals surface area (Å²) in [4.78, 5) is 21.4. The van der Waals surface area contributed by atoms with Gasteiger partial charge in [0.15, 0.2) is 0 Å². The molecular weight excluding hydrogens is 340 g/mol. The molecule has 1 fully saturated rings. The summed E-state index contributed by atoms with van der Waals surface area (Å²) in [5.41, 5.74) is 3.15. The maximum atomic E-state index is 12.6. The quantitative estimate of drug-likeness (QED) is 0.697. The number of amides is 1. The molecule has 0 saturated carbocycles. The van der Waals surface area contributed by atoms with E-state index in [4.69, 9.17) is 4.74 Å². The number of ether oxygens (including phenoxy) is 1. The molecule has 2 aromatic heterocycles. The van der Waals surface area contributed by atoms with E-state index in [9.17, 15) is 4.79 Å². The Bertz CT molecular complexity index is 929. The summed E-state index contributed by atoms with van der Waals surface area (Å²) in [5.74, 6) is 0.968. The van der Waals surface area contributed by atoms with Crippen LogP contribution in [-0.2, 0) is 17.8 Å². The lowest BCUT2D eigenvalue weighted by molar-refractivity contribution is -0.132. The van der Waals surface area contributed by atoms with Crippen molar-refractivity contribution in [3.63, 3.8) is 0 Å². The highest BCUT2D eigenvalue weighted by Crippen LogP contribution is 2.15. The first-order chi connectivity index (χ1) is 13.2. The molecule has 1 aromatic carbocycles. The first-order valence-corrected chi connectivity index (χ1v) is 9.27. The molecule has 0 N–H and O–H groups in total. The molecule has 1 amide bonds. The van der Waals surface area contributed by atoms with Gasteiger partial charge in [-0.15, -0.1) is 0 Å². The smallest absolute Gasteiger partial charge is 0.227 e. The van der Waals surface area contributed by atoms with Crippen LogP contribution in [-0.4, -0.2) is 58.4 Å². The highest BCUT2D eigenvalue weighted by molar-refractivity contribution is 5.79. The number of fused-ring (bicyclic) bond motifs is 1. The molecule has 140 valence electrons. The van der Waals surface area contributed by atoms with Gasteiger partial charge in [-0.05, 0) is 29.8 Å². The number of nitrogens with zero attached hydrogens (tertiary/aromatic N) is 4. The molecule has 3 aromatic rings. The minimum atomic E-state index is 0.178. The van der Waals surface area contributed by atoms with Gasteiger partial charge in [0.25, 0.3) is 0 Å². The zero-order chi connectivity index (χ0) is 18.6. The number of piperazine rings is 1. The Morgan fingerprint density at radius 3 is 2.78 bits per heavy atom. The van der Waals surface area contributed by atoms with Crippen LogP contribution in [0.25, 0.3) is 5.65 Å². The third-order valence-corrected chi connectivity index (χ3v) is 5.09. The number of imidazole rings is 1. The molecule has 1 saturated heterocycles. The molecule has 4 rings (SSSR count). The predicted octanol–water partition coefficient (Wildman–Crippen LogP) is 2.23. The molecule has 6 nitrogen and oxygen atoms in total. The van der Waals surface area contributed by atoms with Crippen molar-refractivity contribution in [3.8, 4) is 5.75 Å². The topological polar surface area (TPSA) is 50.1 Å². The Morgan fingerprint density at radius 2 is 1.96 bits per heavy atom. The second-order valence-corrected chi connectivity index (χ2v) is 6.86. The zero-order valence-corrected chi connectivity index (χ0v) is 15.5. The molecule has 0 spiro atoms. The number of aromatic nitrogens is 2. The van der Waals surface area contributed by atoms with E-state index < -0.39 is 0 Å². The molecule has 0 unspecified atom stereocenters. The van der Waals surface area contributed by atoms with Crippen molar-refractivity contribution >= 4 is 11.6 Å². The fraction of sp³-hybridized carbons (Fsp3) is 0.333. The van der Waals surface area contributed by atoms with Crippen molar-refractivity contribution < 1.29 is 9.53 Å². The summed E-state index contributed by atoms with van der Waals surface area (Å²) in [7, 11) is 1.64. The number of pyridine rings is 1. The average Bonchev–Trinajstić information content (AvgIpc) is 3.11.